The summed E-state index contributed by atoms with van der Waals surface area (Å²) in [6.45, 7) is 0.743. The van der Waals surface area contributed by atoms with Crippen LogP contribution in [0.1, 0.15) is 11.1 Å². The topological polar surface area (TPSA) is 26.3 Å². The Balaban J connectivity index is 2.53. The smallest absolute Gasteiger partial charge is 0.124 e. The van der Waals surface area contributed by atoms with Gasteiger partial charge < -0.3 is 9.53 Å². The van der Waals surface area contributed by atoms with Gasteiger partial charge in [0.15, 0.2) is 0 Å². The van der Waals surface area contributed by atoms with E-state index in [1.165, 1.54) is 5.56 Å². The molecule has 0 amide bonds. The van der Waals surface area contributed by atoms with E-state index in [4.69, 9.17) is 4.74 Å². The minimum absolute atomic E-state index is 0.505. The molecule has 0 N–H and O–H groups in total. The fourth-order valence-electron chi connectivity index (χ4n) is 1.16. The van der Waals surface area contributed by atoms with Crippen LogP contribution in [0.4, 0.5) is 0 Å². The number of carbonyl (C=O) groups excluding carboxylic acids is 1. The summed E-state index contributed by atoms with van der Waals surface area (Å²) in [5, 5.41) is 0. The maximum absolute atomic E-state index is 10.2. The quantitative estimate of drug-likeness (QED) is 0.640. The Morgan fingerprint density at radius 3 is 2.38 bits per heavy atom. The molecule has 0 unspecified atom stereocenters. The lowest BCUT2D eigenvalue weighted by molar-refractivity contribution is -0.107. The molecule has 0 saturated carbocycles. The number of carbonyl (C=O) groups is 1. The Morgan fingerprint density at radius 1 is 1.23 bits per heavy atom. The van der Waals surface area contributed by atoms with E-state index in [9.17, 15) is 4.79 Å². The summed E-state index contributed by atoms with van der Waals surface area (Å²) in [5.74, 6) is 0. The van der Waals surface area contributed by atoms with Gasteiger partial charge in [0.2, 0.25) is 0 Å². The molecule has 0 heterocycles. The Kier molecular flexibility index (Phi) is 4.19. The minimum Gasteiger partial charge on any atom is -0.384 e. The van der Waals surface area contributed by atoms with Crippen molar-refractivity contribution in [1.82, 2.24) is 0 Å². The van der Waals surface area contributed by atoms with E-state index in [1.54, 1.807) is 7.11 Å². The lowest BCUT2D eigenvalue weighted by Crippen LogP contribution is -1.94. The maximum atomic E-state index is 10.2. The number of hydrogen-bond acceptors (Lipinski definition) is 2. The van der Waals surface area contributed by atoms with Gasteiger partial charge in [-0.05, 0) is 17.5 Å². The van der Waals surface area contributed by atoms with E-state index in [2.05, 4.69) is 0 Å². The Labute approximate surface area is 78.5 Å². The summed E-state index contributed by atoms with van der Waals surface area (Å²) in [5.41, 5.74) is 2.31. The molecule has 0 fully saturated rings. The van der Waals surface area contributed by atoms with E-state index >= 15 is 0 Å². The number of methoxy groups -OCH3 is 1. The highest BCUT2D eigenvalue weighted by molar-refractivity contribution is 5.54. The average Bonchev–Trinajstić information content (AvgIpc) is 2.17. The third-order valence-corrected chi connectivity index (χ3v) is 1.94. The Bertz CT molecular complexity index is 251. The number of benzene rings is 1. The van der Waals surface area contributed by atoms with E-state index in [-0.39, 0.29) is 0 Å². The van der Waals surface area contributed by atoms with Crippen molar-refractivity contribution in [3.05, 3.63) is 35.4 Å². The molecule has 70 valence electrons. The zero-order chi connectivity index (χ0) is 9.52. The molecule has 0 aromatic heterocycles. The lowest BCUT2D eigenvalue weighted by atomic mass is 10.1. The van der Waals surface area contributed by atoms with Gasteiger partial charge in [-0.2, -0.15) is 0 Å². The molecular weight excluding hydrogens is 164 g/mol. The van der Waals surface area contributed by atoms with Gasteiger partial charge in [0.25, 0.3) is 0 Å². The third kappa shape index (κ3) is 3.38. The minimum atomic E-state index is 0.505. The second-order valence-corrected chi connectivity index (χ2v) is 2.93. The van der Waals surface area contributed by atoms with Crippen LogP contribution >= 0.6 is 0 Å². The van der Waals surface area contributed by atoms with E-state index in [0.717, 1.165) is 24.9 Å². The van der Waals surface area contributed by atoms with E-state index in [0.29, 0.717) is 6.42 Å². The molecular formula is C11H14O2. The normalized spacial score (nSPS) is 9.92. The Hall–Kier alpha value is -1.15. The standard InChI is InChI=1S/C11H14O2/c1-13-9-7-11-4-2-10(3-5-11)6-8-12/h2-5,8H,6-7,9H2,1H3. The van der Waals surface area contributed by atoms with Crippen LogP contribution in [0.15, 0.2) is 24.3 Å². The summed E-state index contributed by atoms with van der Waals surface area (Å²) in [6.07, 6.45) is 2.35. The fourth-order valence-corrected chi connectivity index (χ4v) is 1.16. The number of hydrogen-bond donors (Lipinski definition) is 0. The van der Waals surface area contributed by atoms with Crippen LogP contribution in [-0.4, -0.2) is 20.0 Å². The second-order valence-electron chi connectivity index (χ2n) is 2.93. The van der Waals surface area contributed by atoms with Crippen molar-refractivity contribution < 1.29 is 9.53 Å². The van der Waals surface area contributed by atoms with Gasteiger partial charge in [0.1, 0.15) is 6.29 Å². The summed E-state index contributed by atoms with van der Waals surface area (Å²) in [4.78, 5) is 10.2. The second kappa shape index (κ2) is 5.49. The molecule has 0 spiro atoms. The molecule has 0 aliphatic rings. The zero-order valence-electron chi connectivity index (χ0n) is 7.82. The Morgan fingerprint density at radius 2 is 1.85 bits per heavy atom. The first-order valence-electron chi connectivity index (χ1n) is 4.37. The van der Waals surface area contributed by atoms with Crippen molar-refractivity contribution in [2.75, 3.05) is 13.7 Å². The van der Waals surface area contributed by atoms with Crippen LogP contribution in [0.3, 0.4) is 0 Å². The van der Waals surface area contributed by atoms with Gasteiger partial charge in [0, 0.05) is 13.5 Å². The van der Waals surface area contributed by atoms with Crippen LogP contribution in [-0.2, 0) is 22.4 Å². The molecule has 1 aromatic carbocycles. The molecule has 2 nitrogen and oxygen atoms in total. The predicted molar refractivity (Wildman–Crippen MR) is 51.8 cm³/mol. The first-order valence-corrected chi connectivity index (χ1v) is 4.37. The molecule has 0 aliphatic carbocycles. The molecule has 13 heavy (non-hydrogen) atoms. The molecule has 0 atom stereocenters. The summed E-state index contributed by atoms with van der Waals surface area (Å²) < 4.78 is 4.97. The van der Waals surface area contributed by atoms with Gasteiger partial charge in [-0.1, -0.05) is 24.3 Å². The monoisotopic (exact) mass is 178 g/mol. The van der Waals surface area contributed by atoms with Crippen molar-refractivity contribution in [1.29, 1.82) is 0 Å². The number of aldehydes is 1. The van der Waals surface area contributed by atoms with Gasteiger partial charge >= 0.3 is 0 Å². The third-order valence-electron chi connectivity index (χ3n) is 1.94. The van der Waals surface area contributed by atoms with Gasteiger partial charge in [-0.25, -0.2) is 0 Å². The van der Waals surface area contributed by atoms with Crippen molar-refractivity contribution in [2.24, 2.45) is 0 Å². The zero-order valence-corrected chi connectivity index (χ0v) is 7.82. The molecule has 2 heteroatoms. The summed E-state index contributed by atoms with van der Waals surface area (Å²) in [7, 11) is 1.70. The average molecular weight is 178 g/mol. The van der Waals surface area contributed by atoms with Crippen molar-refractivity contribution in [3.63, 3.8) is 0 Å². The van der Waals surface area contributed by atoms with Crippen LogP contribution < -0.4 is 0 Å². The van der Waals surface area contributed by atoms with Crippen molar-refractivity contribution in [3.8, 4) is 0 Å². The van der Waals surface area contributed by atoms with Crippen LogP contribution in [0.2, 0.25) is 0 Å². The highest BCUT2D eigenvalue weighted by atomic mass is 16.5. The highest BCUT2D eigenvalue weighted by Crippen LogP contribution is 2.05. The molecule has 0 radical (unpaired) electrons. The number of rotatable bonds is 5. The summed E-state index contributed by atoms with van der Waals surface area (Å²) in [6, 6.07) is 8.05. The lowest BCUT2D eigenvalue weighted by Gasteiger charge is -2.01. The van der Waals surface area contributed by atoms with Gasteiger partial charge in [-0.3, -0.25) is 0 Å². The molecule has 0 bridgehead atoms. The predicted octanol–water partition coefficient (Wildman–Crippen LogP) is 1.62. The molecule has 1 aromatic rings. The molecule has 0 aliphatic heterocycles. The van der Waals surface area contributed by atoms with E-state index < -0.39 is 0 Å². The SMILES string of the molecule is COCCc1ccc(CC=O)cc1. The van der Waals surface area contributed by atoms with Gasteiger partial charge in [-0.15, -0.1) is 0 Å². The first-order chi connectivity index (χ1) is 6.36. The van der Waals surface area contributed by atoms with Crippen LogP contribution in [0, 0.1) is 0 Å². The van der Waals surface area contributed by atoms with Crippen LogP contribution in [0.5, 0.6) is 0 Å². The molecule has 0 saturated heterocycles. The van der Waals surface area contributed by atoms with Crippen molar-refractivity contribution >= 4 is 6.29 Å². The van der Waals surface area contributed by atoms with E-state index in [1.807, 2.05) is 24.3 Å². The molecule has 1 rings (SSSR count). The maximum Gasteiger partial charge on any atom is 0.124 e. The van der Waals surface area contributed by atoms with Crippen molar-refractivity contribution in [2.45, 2.75) is 12.8 Å². The highest BCUT2D eigenvalue weighted by Gasteiger charge is 1.93. The fraction of sp³-hybridized carbons (Fsp3) is 0.364. The summed E-state index contributed by atoms with van der Waals surface area (Å²) >= 11 is 0. The largest absolute Gasteiger partial charge is 0.384 e. The number of ether oxygens (including phenoxy) is 1. The van der Waals surface area contributed by atoms with Gasteiger partial charge in [0.05, 0.1) is 6.61 Å². The van der Waals surface area contributed by atoms with Crippen LogP contribution in [0.25, 0.3) is 0 Å². The first kappa shape index (κ1) is 9.93.